The van der Waals surface area contributed by atoms with Crippen LogP contribution in [0, 0.1) is 5.82 Å². The number of rotatable bonds is 3. The second-order valence-corrected chi connectivity index (χ2v) is 4.10. The molecule has 0 radical (unpaired) electrons. The Bertz CT molecular complexity index is 484. The van der Waals surface area contributed by atoms with Gasteiger partial charge in [-0.05, 0) is 22.0 Å². The highest BCUT2D eigenvalue weighted by Gasteiger charge is 2.05. The van der Waals surface area contributed by atoms with Crippen LogP contribution in [0.25, 0.3) is 0 Å². The fourth-order valence-corrected chi connectivity index (χ4v) is 1.65. The molecule has 0 fully saturated rings. The minimum absolute atomic E-state index is 0.351. The van der Waals surface area contributed by atoms with E-state index in [0.29, 0.717) is 22.4 Å². The number of imidazole rings is 1. The molecule has 1 aromatic carbocycles. The van der Waals surface area contributed by atoms with E-state index in [1.165, 1.54) is 12.1 Å². The van der Waals surface area contributed by atoms with Gasteiger partial charge in [0.2, 0.25) is 0 Å². The maximum atomic E-state index is 13.3. The SMILES string of the molecule is Nc1cc(Br)c(F)cc1NCc1ncc[nH]1. The molecule has 0 amide bonds. The van der Waals surface area contributed by atoms with Crippen LogP contribution in [0.3, 0.4) is 0 Å². The first kappa shape index (κ1) is 10.9. The molecule has 84 valence electrons. The number of halogens is 2. The maximum absolute atomic E-state index is 13.3. The lowest BCUT2D eigenvalue weighted by Gasteiger charge is -2.08. The third-order valence-corrected chi connectivity index (χ3v) is 2.70. The van der Waals surface area contributed by atoms with Crippen LogP contribution < -0.4 is 11.1 Å². The third-order valence-electron chi connectivity index (χ3n) is 2.09. The molecule has 0 saturated heterocycles. The molecule has 0 aliphatic carbocycles. The predicted octanol–water partition coefficient (Wildman–Crippen LogP) is 2.51. The lowest BCUT2D eigenvalue weighted by atomic mass is 10.2. The molecule has 6 heteroatoms. The molecule has 4 N–H and O–H groups in total. The Labute approximate surface area is 100 Å². The molecule has 1 aromatic heterocycles. The fourth-order valence-electron chi connectivity index (χ4n) is 1.29. The largest absolute Gasteiger partial charge is 0.397 e. The average Bonchev–Trinajstić information content (AvgIpc) is 2.74. The molecule has 0 atom stereocenters. The van der Waals surface area contributed by atoms with Crippen LogP contribution in [0.1, 0.15) is 5.82 Å². The minimum Gasteiger partial charge on any atom is -0.397 e. The fraction of sp³-hybridized carbons (Fsp3) is 0.100. The molecule has 1 heterocycles. The minimum atomic E-state index is -0.351. The first-order valence-corrected chi connectivity index (χ1v) is 5.43. The Morgan fingerprint density at radius 1 is 1.50 bits per heavy atom. The van der Waals surface area contributed by atoms with Crippen molar-refractivity contribution in [2.75, 3.05) is 11.1 Å². The highest BCUT2D eigenvalue weighted by Crippen LogP contribution is 2.26. The molecule has 2 rings (SSSR count). The predicted molar refractivity (Wildman–Crippen MR) is 64.4 cm³/mol. The highest BCUT2D eigenvalue weighted by molar-refractivity contribution is 9.10. The van der Waals surface area contributed by atoms with Gasteiger partial charge in [-0.1, -0.05) is 0 Å². The number of nitrogen functional groups attached to an aromatic ring is 1. The van der Waals surface area contributed by atoms with Gasteiger partial charge in [0.05, 0.1) is 22.4 Å². The topological polar surface area (TPSA) is 66.7 Å². The van der Waals surface area contributed by atoms with E-state index >= 15 is 0 Å². The number of H-pyrrole nitrogens is 1. The Balaban J connectivity index is 2.12. The van der Waals surface area contributed by atoms with E-state index in [0.717, 1.165) is 5.82 Å². The first-order valence-electron chi connectivity index (χ1n) is 4.63. The molecule has 0 bridgehead atoms. The highest BCUT2D eigenvalue weighted by atomic mass is 79.9. The Morgan fingerprint density at radius 2 is 2.31 bits per heavy atom. The van der Waals surface area contributed by atoms with Crippen LogP contribution in [0.4, 0.5) is 15.8 Å². The van der Waals surface area contributed by atoms with Gasteiger partial charge < -0.3 is 16.0 Å². The molecule has 2 aromatic rings. The first-order chi connectivity index (χ1) is 7.66. The van der Waals surface area contributed by atoms with Crippen LogP contribution in [-0.2, 0) is 6.54 Å². The van der Waals surface area contributed by atoms with E-state index in [2.05, 4.69) is 31.2 Å². The summed E-state index contributed by atoms with van der Waals surface area (Å²) >= 11 is 3.07. The average molecular weight is 285 g/mol. The van der Waals surface area contributed by atoms with E-state index in [-0.39, 0.29) is 5.82 Å². The van der Waals surface area contributed by atoms with Gasteiger partial charge in [-0.25, -0.2) is 9.37 Å². The van der Waals surface area contributed by atoms with E-state index < -0.39 is 0 Å². The van der Waals surface area contributed by atoms with Gasteiger partial charge in [0, 0.05) is 18.5 Å². The van der Waals surface area contributed by atoms with E-state index in [1.807, 2.05) is 0 Å². The molecule has 16 heavy (non-hydrogen) atoms. The zero-order chi connectivity index (χ0) is 11.5. The molecule has 4 nitrogen and oxygen atoms in total. The van der Waals surface area contributed by atoms with Crippen LogP contribution >= 0.6 is 15.9 Å². The summed E-state index contributed by atoms with van der Waals surface area (Å²) in [5.41, 5.74) is 6.78. The summed E-state index contributed by atoms with van der Waals surface area (Å²) in [5.74, 6) is 0.416. The third kappa shape index (κ3) is 2.33. The number of benzene rings is 1. The Kier molecular flexibility index (Phi) is 3.09. The van der Waals surface area contributed by atoms with Crippen molar-refractivity contribution in [1.29, 1.82) is 0 Å². The molecule has 0 unspecified atom stereocenters. The van der Waals surface area contributed by atoms with Crippen molar-refractivity contribution in [1.82, 2.24) is 9.97 Å². The zero-order valence-electron chi connectivity index (χ0n) is 8.30. The second kappa shape index (κ2) is 4.52. The van der Waals surface area contributed by atoms with Crippen molar-refractivity contribution in [2.45, 2.75) is 6.54 Å². The number of anilines is 2. The summed E-state index contributed by atoms with van der Waals surface area (Å²) in [6.07, 6.45) is 3.38. The number of nitrogens with one attached hydrogen (secondary N) is 2. The van der Waals surface area contributed by atoms with E-state index in [1.54, 1.807) is 12.4 Å². The number of nitrogens with zero attached hydrogens (tertiary/aromatic N) is 1. The monoisotopic (exact) mass is 284 g/mol. The summed E-state index contributed by atoms with van der Waals surface area (Å²) < 4.78 is 13.6. The molecule has 0 aliphatic heterocycles. The Hall–Kier alpha value is -1.56. The quantitative estimate of drug-likeness (QED) is 0.759. The molecule has 0 saturated carbocycles. The van der Waals surface area contributed by atoms with Crippen molar-refractivity contribution in [3.8, 4) is 0 Å². The van der Waals surface area contributed by atoms with Crippen LogP contribution in [0.15, 0.2) is 29.0 Å². The smallest absolute Gasteiger partial charge is 0.139 e. The number of hydrogen-bond donors (Lipinski definition) is 3. The standard InChI is InChI=1S/C10H10BrFN4/c11-6-3-8(13)9(4-7(6)12)16-5-10-14-1-2-15-10/h1-4,16H,5,13H2,(H,14,15). The molecule has 0 spiro atoms. The maximum Gasteiger partial charge on any atom is 0.139 e. The normalized spacial score (nSPS) is 10.4. The van der Waals surface area contributed by atoms with Crippen LogP contribution in [0.5, 0.6) is 0 Å². The van der Waals surface area contributed by atoms with Crippen molar-refractivity contribution >= 4 is 27.3 Å². The number of aromatic amines is 1. The van der Waals surface area contributed by atoms with Gasteiger partial charge in [-0.2, -0.15) is 0 Å². The van der Waals surface area contributed by atoms with Gasteiger partial charge in [0.1, 0.15) is 11.6 Å². The summed E-state index contributed by atoms with van der Waals surface area (Å²) in [5, 5.41) is 3.00. The van der Waals surface area contributed by atoms with Gasteiger partial charge >= 0.3 is 0 Å². The van der Waals surface area contributed by atoms with Crippen LogP contribution in [-0.4, -0.2) is 9.97 Å². The summed E-state index contributed by atoms with van der Waals surface area (Å²) in [6.45, 7) is 0.471. The second-order valence-electron chi connectivity index (χ2n) is 3.24. The van der Waals surface area contributed by atoms with Crippen molar-refractivity contribution in [3.05, 3.63) is 40.6 Å². The number of aromatic nitrogens is 2. The summed E-state index contributed by atoms with van der Waals surface area (Å²) in [7, 11) is 0. The molecular formula is C10H10BrFN4. The van der Waals surface area contributed by atoms with Gasteiger partial charge in [0.25, 0.3) is 0 Å². The van der Waals surface area contributed by atoms with Gasteiger partial charge in [-0.3, -0.25) is 0 Å². The van der Waals surface area contributed by atoms with Crippen LogP contribution in [0.2, 0.25) is 0 Å². The molecule has 0 aliphatic rings. The lowest BCUT2D eigenvalue weighted by molar-refractivity contribution is 0.621. The number of hydrogen-bond acceptors (Lipinski definition) is 3. The van der Waals surface area contributed by atoms with Crippen molar-refractivity contribution < 1.29 is 4.39 Å². The Morgan fingerprint density at radius 3 is 3.00 bits per heavy atom. The van der Waals surface area contributed by atoms with Gasteiger partial charge in [-0.15, -0.1) is 0 Å². The lowest BCUT2D eigenvalue weighted by Crippen LogP contribution is -2.04. The summed E-state index contributed by atoms with van der Waals surface area (Å²) in [4.78, 5) is 6.97. The van der Waals surface area contributed by atoms with E-state index in [4.69, 9.17) is 5.73 Å². The van der Waals surface area contributed by atoms with Crippen molar-refractivity contribution in [2.24, 2.45) is 0 Å². The number of nitrogens with two attached hydrogens (primary N) is 1. The summed E-state index contributed by atoms with van der Waals surface area (Å²) in [6, 6.07) is 2.88. The van der Waals surface area contributed by atoms with Crippen molar-refractivity contribution in [3.63, 3.8) is 0 Å². The van der Waals surface area contributed by atoms with E-state index in [9.17, 15) is 4.39 Å². The zero-order valence-corrected chi connectivity index (χ0v) is 9.88. The van der Waals surface area contributed by atoms with Gasteiger partial charge in [0.15, 0.2) is 0 Å². The molecular weight excluding hydrogens is 275 g/mol.